The molecular formula is C60H56N6. The zero-order valence-corrected chi connectivity index (χ0v) is 39.2. The van der Waals surface area contributed by atoms with Gasteiger partial charge in [-0.3, -0.25) is 0 Å². The van der Waals surface area contributed by atoms with E-state index in [2.05, 4.69) is 232 Å². The minimum atomic E-state index is 0.387. The van der Waals surface area contributed by atoms with Crippen molar-refractivity contribution in [2.24, 2.45) is 0 Å². The lowest BCUT2D eigenvalue weighted by molar-refractivity contribution is 0.838. The average Bonchev–Trinajstić information content (AvgIpc) is 4.15. The predicted molar refractivity (Wildman–Crippen MR) is 277 cm³/mol. The van der Waals surface area contributed by atoms with Gasteiger partial charge in [-0.15, -0.1) is 0 Å². The van der Waals surface area contributed by atoms with Gasteiger partial charge in [0.25, 0.3) is 0 Å². The Morgan fingerprint density at radius 3 is 1.05 bits per heavy atom. The predicted octanol–water partition coefficient (Wildman–Crippen LogP) is 16.1. The van der Waals surface area contributed by atoms with Crippen LogP contribution in [0.4, 0.5) is 0 Å². The van der Waals surface area contributed by atoms with Gasteiger partial charge in [-0.2, -0.15) is 10.2 Å². The molecule has 0 unspecified atom stereocenters. The van der Waals surface area contributed by atoms with Crippen LogP contribution in [0.3, 0.4) is 0 Å². The van der Waals surface area contributed by atoms with E-state index in [4.69, 9.17) is 10.2 Å². The smallest absolute Gasteiger partial charge is 0.0653 e. The number of hydrogen-bond donors (Lipinski definition) is 0. The Labute approximate surface area is 387 Å². The molecule has 6 heteroatoms. The summed E-state index contributed by atoms with van der Waals surface area (Å²) in [6.45, 7) is 18.3. The molecule has 0 aliphatic heterocycles. The molecule has 0 atom stereocenters. The van der Waals surface area contributed by atoms with Crippen LogP contribution in [0.5, 0.6) is 0 Å². The molecule has 66 heavy (non-hydrogen) atoms. The maximum Gasteiger partial charge on any atom is 0.0653 e. The van der Waals surface area contributed by atoms with Crippen molar-refractivity contribution in [1.29, 1.82) is 0 Å². The van der Waals surface area contributed by atoms with Crippen LogP contribution in [0, 0.1) is 0 Å². The monoisotopic (exact) mass is 860 g/mol. The molecule has 0 amide bonds. The molecule has 0 saturated heterocycles. The summed E-state index contributed by atoms with van der Waals surface area (Å²) in [5.41, 5.74) is 19.2. The van der Waals surface area contributed by atoms with Crippen molar-refractivity contribution in [3.8, 4) is 45.0 Å². The summed E-state index contributed by atoms with van der Waals surface area (Å²) in [6, 6.07) is 53.3. The van der Waals surface area contributed by atoms with Crippen molar-refractivity contribution in [2.45, 2.75) is 79.1 Å². The van der Waals surface area contributed by atoms with E-state index in [0.29, 0.717) is 23.7 Å². The van der Waals surface area contributed by atoms with Gasteiger partial charge >= 0.3 is 0 Å². The molecule has 326 valence electrons. The first-order valence-corrected chi connectivity index (χ1v) is 23.6. The minimum Gasteiger partial charge on any atom is -0.309 e. The van der Waals surface area contributed by atoms with Crippen LogP contribution in [0.15, 0.2) is 170 Å². The van der Waals surface area contributed by atoms with Gasteiger partial charge < -0.3 is 9.13 Å². The van der Waals surface area contributed by atoms with Gasteiger partial charge in [0, 0.05) is 56.4 Å². The van der Waals surface area contributed by atoms with E-state index >= 15 is 0 Å². The number of nitrogens with zero attached hydrogens (tertiary/aromatic N) is 6. The van der Waals surface area contributed by atoms with E-state index < -0.39 is 0 Å². The van der Waals surface area contributed by atoms with Crippen molar-refractivity contribution >= 4 is 43.6 Å². The maximum atomic E-state index is 5.07. The van der Waals surface area contributed by atoms with E-state index in [9.17, 15) is 0 Å². The van der Waals surface area contributed by atoms with Gasteiger partial charge in [-0.25, -0.2) is 9.36 Å². The number of aromatic nitrogens is 6. The lowest BCUT2D eigenvalue weighted by Gasteiger charge is -2.18. The molecule has 0 saturated carbocycles. The summed E-state index contributed by atoms with van der Waals surface area (Å²) in [5.74, 6) is 1.55. The van der Waals surface area contributed by atoms with Gasteiger partial charge in [0.15, 0.2) is 0 Å². The van der Waals surface area contributed by atoms with Gasteiger partial charge in [0.2, 0.25) is 0 Å². The Balaban J connectivity index is 1.17. The number of para-hydroxylation sites is 2. The van der Waals surface area contributed by atoms with Crippen LogP contribution in [-0.4, -0.2) is 28.7 Å². The molecule has 0 spiro atoms. The summed E-state index contributed by atoms with van der Waals surface area (Å²) in [6.07, 6.45) is 8.53. The summed E-state index contributed by atoms with van der Waals surface area (Å²) >= 11 is 0. The maximum absolute atomic E-state index is 5.07. The lowest BCUT2D eigenvalue weighted by atomic mass is 9.86. The third-order valence-electron chi connectivity index (χ3n) is 13.7. The second-order valence-electron chi connectivity index (χ2n) is 19.2. The molecular weight excluding hydrogens is 805 g/mol. The second-order valence-corrected chi connectivity index (χ2v) is 19.2. The second kappa shape index (κ2) is 16.2. The molecule has 0 aliphatic rings. The van der Waals surface area contributed by atoms with Crippen LogP contribution in [0.1, 0.15) is 101 Å². The van der Waals surface area contributed by atoms with Crippen molar-refractivity contribution in [2.75, 3.05) is 0 Å². The van der Waals surface area contributed by atoms with Gasteiger partial charge in [0.05, 0.1) is 45.8 Å². The topological polar surface area (TPSA) is 45.5 Å². The first kappa shape index (κ1) is 41.3. The quantitative estimate of drug-likeness (QED) is 0.137. The number of rotatable bonds is 10. The Morgan fingerprint density at radius 1 is 0.348 bits per heavy atom. The molecule has 0 aliphatic carbocycles. The molecule has 11 aromatic rings. The van der Waals surface area contributed by atoms with E-state index in [0.717, 1.165) is 55.9 Å². The molecule has 0 radical (unpaired) electrons. The summed E-state index contributed by atoms with van der Waals surface area (Å²) in [5, 5.41) is 14.9. The standard InChI is InChI=1S/C60H56N6/c1-37(2)47-21-15-22-48(38(3)4)57(47)41-33-61-63(35-41)45-25-27-53-51(31-45)59-55(65(53)43-17-11-9-12-18-43)29-30-56-60(59)52-32-46(26-28-54(52)66(56)44-19-13-10-14-20-44)64-36-42(34-62-64)58-49(39(5)6)23-16-24-50(58)40(7)8/h9-40H,1-8H3. The highest BCUT2D eigenvalue weighted by Crippen LogP contribution is 2.44. The van der Waals surface area contributed by atoms with Crippen molar-refractivity contribution in [1.82, 2.24) is 28.7 Å². The molecule has 4 heterocycles. The first-order chi connectivity index (χ1) is 32.1. The number of hydrogen-bond acceptors (Lipinski definition) is 2. The number of benzene rings is 7. The molecule has 4 aromatic heterocycles. The third-order valence-corrected chi connectivity index (χ3v) is 13.7. The van der Waals surface area contributed by atoms with Crippen LogP contribution < -0.4 is 0 Å². The molecule has 7 aromatic carbocycles. The number of fused-ring (bicyclic) bond motifs is 7. The Kier molecular flexibility index (Phi) is 10.1. The normalized spacial score (nSPS) is 12.2. The summed E-state index contributed by atoms with van der Waals surface area (Å²) in [7, 11) is 0. The highest BCUT2D eigenvalue weighted by Gasteiger charge is 2.24. The van der Waals surface area contributed by atoms with E-state index in [1.165, 1.54) is 54.9 Å². The Hall–Kier alpha value is -7.44. The van der Waals surface area contributed by atoms with Crippen LogP contribution in [-0.2, 0) is 0 Å². The van der Waals surface area contributed by atoms with Crippen molar-refractivity contribution in [3.05, 3.63) is 193 Å². The molecule has 6 nitrogen and oxygen atoms in total. The van der Waals surface area contributed by atoms with E-state index in [-0.39, 0.29) is 0 Å². The molecule has 11 rings (SSSR count). The van der Waals surface area contributed by atoms with Gasteiger partial charge in [-0.05, 0) is 130 Å². The lowest BCUT2D eigenvalue weighted by Crippen LogP contribution is -1.99. The summed E-state index contributed by atoms with van der Waals surface area (Å²) in [4.78, 5) is 0. The molecule has 0 fully saturated rings. The summed E-state index contributed by atoms with van der Waals surface area (Å²) < 4.78 is 8.96. The van der Waals surface area contributed by atoms with E-state index in [1.807, 2.05) is 12.4 Å². The fraction of sp³-hybridized carbons (Fsp3) is 0.200. The zero-order chi connectivity index (χ0) is 45.4. The van der Waals surface area contributed by atoms with Crippen LogP contribution in [0.2, 0.25) is 0 Å². The van der Waals surface area contributed by atoms with Gasteiger partial charge in [0.1, 0.15) is 0 Å². The Bertz CT molecular complexity index is 3300. The SMILES string of the molecule is CC(C)c1cccc(C(C)C)c1-c1cnn(-c2ccc3c(c2)c2c4c5cc(-n6cc(-c7c(C(C)C)cccc7C(C)C)cn6)ccc5n(-c5ccccc5)c4ccc2n3-c2ccccc2)c1. The fourth-order valence-electron chi connectivity index (χ4n) is 10.5. The van der Waals surface area contributed by atoms with Crippen LogP contribution >= 0.6 is 0 Å². The minimum absolute atomic E-state index is 0.387. The third kappa shape index (κ3) is 6.69. The zero-order valence-electron chi connectivity index (χ0n) is 39.2. The Morgan fingerprint density at radius 2 is 0.697 bits per heavy atom. The molecule has 0 bridgehead atoms. The highest BCUT2D eigenvalue weighted by atomic mass is 15.3. The van der Waals surface area contributed by atoms with Crippen LogP contribution in [0.25, 0.3) is 88.6 Å². The van der Waals surface area contributed by atoms with E-state index in [1.54, 1.807) is 0 Å². The first-order valence-electron chi connectivity index (χ1n) is 23.6. The van der Waals surface area contributed by atoms with Gasteiger partial charge in [-0.1, -0.05) is 128 Å². The van der Waals surface area contributed by atoms with Crippen molar-refractivity contribution < 1.29 is 0 Å². The van der Waals surface area contributed by atoms with Crippen molar-refractivity contribution in [3.63, 3.8) is 0 Å². The largest absolute Gasteiger partial charge is 0.309 e. The highest BCUT2D eigenvalue weighted by molar-refractivity contribution is 6.29. The molecule has 0 N–H and O–H groups in total. The average molecular weight is 861 g/mol. The fourth-order valence-corrected chi connectivity index (χ4v) is 10.5.